The molecule has 0 bridgehead atoms. The maximum Gasteiger partial charge on any atom is 0.264 e. The summed E-state index contributed by atoms with van der Waals surface area (Å²) in [5.41, 5.74) is 2.67. The van der Waals surface area contributed by atoms with Crippen LogP contribution in [0.15, 0.2) is 132 Å². The number of anilines is 2. The van der Waals surface area contributed by atoms with Crippen molar-refractivity contribution in [2.24, 2.45) is 0 Å². The van der Waals surface area contributed by atoms with Gasteiger partial charge in [-0.3, -0.25) is 9.10 Å². The molecule has 0 atom stereocenters. The van der Waals surface area contributed by atoms with Crippen molar-refractivity contribution in [1.29, 1.82) is 0 Å². The maximum atomic E-state index is 13.7. The van der Waals surface area contributed by atoms with Crippen molar-refractivity contribution in [2.75, 3.05) is 16.2 Å². The summed E-state index contributed by atoms with van der Waals surface area (Å²) < 4.78 is 40.4. The second-order valence-electron chi connectivity index (χ2n) is 9.70. The molecule has 0 aliphatic heterocycles. The molecule has 0 saturated carbocycles. The Morgan fingerprint density at radius 1 is 0.791 bits per heavy atom. The molecule has 0 saturated heterocycles. The van der Waals surface area contributed by atoms with Gasteiger partial charge in [-0.15, -0.1) is 0 Å². The fraction of sp³-hybridized carbons (Fsp3) is 0.0882. The van der Waals surface area contributed by atoms with E-state index < -0.39 is 15.9 Å². The molecule has 43 heavy (non-hydrogen) atoms. The molecule has 0 spiro atoms. The van der Waals surface area contributed by atoms with Crippen LogP contribution in [-0.4, -0.2) is 20.9 Å². The Hall–Kier alpha value is -4.79. The number of hydrogen-bond donors (Lipinski definition) is 1. The van der Waals surface area contributed by atoms with Gasteiger partial charge in [-0.05, 0) is 79.2 Å². The van der Waals surface area contributed by atoms with E-state index in [1.807, 2.05) is 55.5 Å². The fourth-order valence-corrected chi connectivity index (χ4v) is 5.87. The summed E-state index contributed by atoms with van der Waals surface area (Å²) in [6, 6.07) is 36.9. The lowest BCUT2D eigenvalue weighted by Gasteiger charge is -2.25. The Kier molecular flexibility index (Phi) is 9.29. The van der Waals surface area contributed by atoms with Crippen molar-refractivity contribution >= 4 is 38.9 Å². The number of nitrogens with zero attached hydrogens (tertiary/aromatic N) is 1. The minimum Gasteiger partial charge on any atom is -0.484 e. The zero-order valence-corrected chi connectivity index (χ0v) is 24.9. The normalized spacial score (nSPS) is 11.0. The first-order chi connectivity index (χ1) is 20.8. The number of carbonyl (C=O) groups is 1. The van der Waals surface area contributed by atoms with E-state index >= 15 is 0 Å². The molecule has 0 aliphatic rings. The van der Waals surface area contributed by atoms with E-state index in [0.29, 0.717) is 33.6 Å². The maximum absolute atomic E-state index is 13.7. The van der Waals surface area contributed by atoms with Crippen LogP contribution < -0.4 is 19.1 Å². The van der Waals surface area contributed by atoms with Crippen LogP contribution in [0.1, 0.15) is 11.1 Å². The number of rotatable bonds is 11. The average molecular weight is 613 g/mol. The predicted molar refractivity (Wildman–Crippen MR) is 170 cm³/mol. The summed E-state index contributed by atoms with van der Waals surface area (Å²) >= 11 is 6.16. The highest BCUT2D eigenvalue weighted by molar-refractivity contribution is 7.92. The number of sulfonamides is 1. The summed E-state index contributed by atoms with van der Waals surface area (Å²) in [4.78, 5) is 13.0. The van der Waals surface area contributed by atoms with Crippen molar-refractivity contribution in [2.45, 2.75) is 18.4 Å². The second kappa shape index (κ2) is 13.5. The minimum atomic E-state index is -3.87. The van der Waals surface area contributed by atoms with E-state index in [-0.39, 0.29) is 18.0 Å². The van der Waals surface area contributed by atoms with E-state index in [9.17, 15) is 13.2 Å². The minimum absolute atomic E-state index is 0.146. The first-order valence-electron chi connectivity index (χ1n) is 13.5. The van der Waals surface area contributed by atoms with Gasteiger partial charge in [0.2, 0.25) is 0 Å². The Morgan fingerprint density at radius 3 is 2.12 bits per heavy atom. The zero-order chi connectivity index (χ0) is 30.2. The third-order valence-corrected chi connectivity index (χ3v) is 8.48. The molecule has 0 heterocycles. The van der Waals surface area contributed by atoms with E-state index in [1.165, 1.54) is 4.31 Å². The van der Waals surface area contributed by atoms with Gasteiger partial charge in [-0.2, -0.15) is 0 Å². The number of aryl methyl sites for hydroxylation is 1. The number of amides is 1. The smallest absolute Gasteiger partial charge is 0.264 e. The van der Waals surface area contributed by atoms with E-state index in [1.54, 1.807) is 78.9 Å². The third-order valence-electron chi connectivity index (χ3n) is 6.46. The number of carbonyl (C=O) groups excluding carboxylic acids is 1. The number of ether oxygens (including phenoxy) is 2. The molecule has 5 rings (SSSR count). The standard InChI is InChI=1S/C34H29ClN2O5S/c1-25-12-19-31(20-13-25)43(39,40)37(23-26-8-4-2-5-9-26)28-15-17-29(18-16-28)41-24-34(38)36-32-22-27(35)14-21-33(32)42-30-10-6-3-7-11-30/h2-22H,23-24H2,1H3,(H,36,38). The molecule has 5 aromatic rings. The van der Waals surface area contributed by atoms with Gasteiger partial charge in [0.1, 0.15) is 11.5 Å². The molecular weight excluding hydrogens is 584 g/mol. The zero-order valence-electron chi connectivity index (χ0n) is 23.3. The summed E-state index contributed by atoms with van der Waals surface area (Å²) in [6.45, 7) is 1.77. The van der Waals surface area contributed by atoms with Crippen LogP contribution >= 0.6 is 11.6 Å². The molecule has 0 aliphatic carbocycles. The lowest BCUT2D eigenvalue weighted by Crippen LogP contribution is -2.30. The number of para-hydroxylation sites is 1. The van der Waals surface area contributed by atoms with Crippen molar-refractivity contribution < 1.29 is 22.7 Å². The van der Waals surface area contributed by atoms with Crippen LogP contribution in [0.5, 0.6) is 17.2 Å². The molecule has 9 heteroatoms. The van der Waals surface area contributed by atoms with Gasteiger partial charge in [-0.25, -0.2) is 8.42 Å². The Morgan fingerprint density at radius 2 is 1.44 bits per heavy atom. The highest BCUT2D eigenvalue weighted by atomic mass is 35.5. The van der Waals surface area contributed by atoms with Gasteiger partial charge in [-0.1, -0.05) is 77.8 Å². The molecule has 1 N–H and O–H groups in total. The Labute approximate surface area is 256 Å². The molecular formula is C34H29ClN2O5S. The molecule has 0 unspecified atom stereocenters. The van der Waals surface area contributed by atoms with Gasteiger partial charge in [0, 0.05) is 5.02 Å². The Balaban J connectivity index is 1.29. The monoisotopic (exact) mass is 612 g/mol. The number of hydrogen-bond acceptors (Lipinski definition) is 5. The largest absolute Gasteiger partial charge is 0.484 e. The molecule has 5 aromatic carbocycles. The molecule has 1 amide bonds. The van der Waals surface area contributed by atoms with Crippen molar-refractivity contribution in [3.8, 4) is 17.2 Å². The average Bonchev–Trinajstić information content (AvgIpc) is 3.02. The van der Waals surface area contributed by atoms with E-state index in [4.69, 9.17) is 21.1 Å². The van der Waals surface area contributed by atoms with Crippen LogP contribution in [0.3, 0.4) is 0 Å². The SMILES string of the molecule is Cc1ccc(S(=O)(=O)N(Cc2ccccc2)c2ccc(OCC(=O)Nc3cc(Cl)ccc3Oc3ccccc3)cc2)cc1. The Bertz CT molecular complexity index is 1780. The van der Waals surface area contributed by atoms with Gasteiger partial charge in [0.15, 0.2) is 12.4 Å². The molecule has 7 nitrogen and oxygen atoms in total. The second-order valence-corrected chi connectivity index (χ2v) is 12.0. The third kappa shape index (κ3) is 7.74. The quantitative estimate of drug-likeness (QED) is 0.164. The fourth-order valence-electron chi connectivity index (χ4n) is 4.25. The number of nitrogens with one attached hydrogen (secondary N) is 1. The highest BCUT2D eigenvalue weighted by Crippen LogP contribution is 2.32. The van der Waals surface area contributed by atoms with Crippen LogP contribution in [0.25, 0.3) is 0 Å². The van der Waals surface area contributed by atoms with Crippen LogP contribution in [0.4, 0.5) is 11.4 Å². The summed E-state index contributed by atoms with van der Waals surface area (Å²) in [5, 5.41) is 3.22. The first kappa shape index (κ1) is 29.7. The molecule has 0 radical (unpaired) electrons. The van der Waals surface area contributed by atoms with Crippen molar-refractivity contribution in [1.82, 2.24) is 0 Å². The summed E-state index contributed by atoms with van der Waals surface area (Å²) in [6.07, 6.45) is 0. The first-order valence-corrected chi connectivity index (χ1v) is 15.3. The summed E-state index contributed by atoms with van der Waals surface area (Å²) in [5.74, 6) is 1.03. The predicted octanol–water partition coefficient (Wildman–Crippen LogP) is 7.85. The lowest BCUT2D eigenvalue weighted by molar-refractivity contribution is -0.118. The van der Waals surface area contributed by atoms with Crippen LogP contribution in [0, 0.1) is 6.92 Å². The van der Waals surface area contributed by atoms with Gasteiger partial charge < -0.3 is 14.8 Å². The van der Waals surface area contributed by atoms with Gasteiger partial charge in [0.05, 0.1) is 22.8 Å². The van der Waals surface area contributed by atoms with Crippen molar-refractivity contribution in [3.63, 3.8) is 0 Å². The lowest BCUT2D eigenvalue weighted by atomic mass is 10.2. The molecule has 0 aromatic heterocycles. The van der Waals surface area contributed by atoms with Crippen molar-refractivity contribution in [3.05, 3.63) is 144 Å². The number of benzene rings is 5. The number of halogens is 1. The summed E-state index contributed by atoms with van der Waals surface area (Å²) in [7, 11) is -3.87. The molecule has 218 valence electrons. The topological polar surface area (TPSA) is 84.9 Å². The van der Waals surface area contributed by atoms with Crippen LogP contribution in [0.2, 0.25) is 5.02 Å². The highest BCUT2D eigenvalue weighted by Gasteiger charge is 2.25. The molecule has 0 fully saturated rings. The van der Waals surface area contributed by atoms with Crippen LogP contribution in [-0.2, 0) is 21.4 Å². The van der Waals surface area contributed by atoms with E-state index in [0.717, 1.165) is 11.1 Å². The van der Waals surface area contributed by atoms with E-state index in [2.05, 4.69) is 5.32 Å². The van der Waals surface area contributed by atoms with Gasteiger partial charge >= 0.3 is 0 Å². The van der Waals surface area contributed by atoms with Gasteiger partial charge in [0.25, 0.3) is 15.9 Å².